The van der Waals surface area contributed by atoms with Crippen LogP contribution in [0.15, 0.2) is 18.5 Å². The third-order valence-corrected chi connectivity index (χ3v) is 3.83. The van der Waals surface area contributed by atoms with Gasteiger partial charge in [0.2, 0.25) is 0 Å². The number of nitrogens with one attached hydrogen (secondary N) is 2. The minimum Gasteiger partial charge on any atom is -0.306 e. The molecular weight excluding hydrogens is 220 g/mol. The van der Waals surface area contributed by atoms with Crippen LogP contribution in [0.25, 0.3) is 0 Å². The molecule has 0 amide bonds. The first-order valence-electron chi connectivity index (χ1n) is 5.55. The third kappa shape index (κ3) is 2.31. The minimum absolute atomic E-state index is 0.770. The van der Waals surface area contributed by atoms with Crippen LogP contribution in [0.3, 0.4) is 0 Å². The van der Waals surface area contributed by atoms with Gasteiger partial charge in [-0.3, -0.25) is 5.10 Å². The van der Waals surface area contributed by atoms with Crippen molar-refractivity contribution in [2.75, 3.05) is 0 Å². The van der Waals surface area contributed by atoms with E-state index in [2.05, 4.69) is 20.5 Å². The average Bonchev–Trinajstić information content (AvgIpc) is 2.83. The summed E-state index contributed by atoms with van der Waals surface area (Å²) in [5.41, 5.74) is 1.12. The van der Waals surface area contributed by atoms with Crippen LogP contribution in [0.2, 0.25) is 0 Å². The number of nitrogens with zero attached hydrogens (tertiary/aromatic N) is 2. The molecule has 0 unspecified atom stereocenters. The lowest BCUT2D eigenvalue weighted by atomic mass is 10.4. The van der Waals surface area contributed by atoms with Gasteiger partial charge in [0.1, 0.15) is 0 Å². The summed E-state index contributed by atoms with van der Waals surface area (Å²) in [6.07, 6.45) is 6.43. The summed E-state index contributed by atoms with van der Waals surface area (Å²) in [6.45, 7) is 1.72. The summed E-state index contributed by atoms with van der Waals surface area (Å²) >= 11 is 1.84. The molecule has 84 valence electrons. The fourth-order valence-corrected chi connectivity index (χ4v) is 2.68. The van der Waals surface area contributed by atoms with E-state index in [1.165, 1.54) is 22.7 Å². The van der Waals surface area contributed by atoms with Gasteiger partial charge in [-0.1, -0.05) is 0 Å². The molecule has 1 aliphatic carbocycles. The van der Waals surface area contributed by atoms with E-state index < -0.39 is 0 Å². The zero-order chi connectivity index (χ0) is 10.8. The van der Waals surface area contributed by atoms with Crippen molar-refractivity contribution < 1.29 is 0 Å². The van der Waals surface area contributed by atoms with Gasteiger partial charge < -0.3 is 5.32 Å². The van der Waals surface area contributed by atoms with Gasteiger partial charge in [-0.15, -0.1) is 11.3 Å². The number of aromatic nitrogens is 3. The topological polar surface area (TPSA) is 53.6 Å². The fraction of sp³-hybridized carbons (Fsp3) is 0.455. The largest absolute Gasteiger partial charge is 0.306 e. The van der Waals surface area contributed by atoms with Crippen molar-refractivity contribution in [3.8, 4) is 0 Å². The highest BCUT2D eigenvalue weighted by Gasteiger charge is 2.26. The van der Waals surface area contributed by atoms with Crippen molar-refractivity contribution in [2.24, 2.45) is 0 Å². The normalized spacial score (nSPS) is 15.5. The maximum absolute atomic E-state index is 4.45. The van der Waals surface area contributed by atoms with Gasteiger partial charge >= 0.3 is 0 Å². The molecule has 1 fully saturated rings. The number of aromatic amines is 1. The molecule has 1 aliphatic rings. The zero-order valence-corrected chi connectivity index (χ0v) is 9.76. The summed E-state index contributed by atoms with van der Waals surface area (Å²) in [5.74, 6) is 0.770. The van der Waals surface area contributed by atoms with Gasteiger partial charge in [-0.05, 0) is 18.9 Å². The number of rotatable bonds is 5. The average molecular weight is 234 g/mol. The van der Waals surface area contributed by atoms with Gasteiger partial charge in [0.15, 0.2) is 0 Å². The van der Waals surface area contributed by atoms with Crippen molar-refractivity contribution in [1.82, 2.24) is 20.5 Å². The van der Waals surface area contributed by atoms with Gasteiger partial charge in [0, 0.05) is 42.0 Å². The Morgan fingerprint density at radius 2 is 2.38 bits per heavy atom. The molecule has 0 aliphatic heterocycles. The van der Waals surface area contributed by atoms with Gasteiger partial charge in [-0.25, -0.2) is 4.98 Å². The third-order valence-electron chi connectivity index (χ3n) is 2.67. The summed E-state index contributed by atoms with van der Waals surface area (Å²) in [4.78, 5) is 5.77. The van der Waals surface area contributed by atoms with E-state index in [-0.39, 0.29) is 0 Å². The predicted molar refractivity (Wildman–Crippen MR) is 63.2 cm³/mol. The Kier molecular flexibility index (Phi) is 2.71. The van der Waals surface area contributed by atoms with Crippen LogP contribution in [0.1, 0.15) is 34.3 Å². The Bertz CT molecular complexity index is 444. The number of H-pyrrole nitrogens is 1. The SMILES string of the molecule is c1cc(CNCc2cnc(C3CC3)s2)[nH]n1. The van der Waals surface area contributed by atoms with Crippen LogP contribution in [-0.2, 0) is 13.1 Å². The Balaban J connectivity index is 1.50. The van der Waals surface area contributed by atoms with Crippen LogP contribution >= 0.6 is 11.3 Å². The second-order valence-electron chi connectivity index (χ2n) is 4.12. The van der Waals surface area contributed by atoms with Crippen LogP contribution in [0.4, 0.5) is 0 Å². The van der Waals surface area contributed by atoms with E-state index in [9.17, 15) is 0 Å². The number of hydrogen-bond donors (Lipinski definition) is 2. The van der Waals surface area contributed by atoms with Crippen LogP contribution in [0, 0.1) is 0 Å². The van der Waals surface area contributed by atoms with E-state index >= 15 is 0 Å². The summed E-state index contributed by atoms with van der Waals surface area (Å²) < 4.78 is 0. The van der Waals surface area contributed by atoms with Crippen molar-refractivity contribution >= 4 is 11.3 Å². The summed E-state index contributed by atoms with van der Waals surface area (Å²) in [5, 5.41) is 11.5. The predicted octanol–water partition coefficient (Wildman–Crippen LogP) is 2.03. The second-order valence-corrected chi connectivity index (χ2v) is 5.27. The molecule has 2 aromatic rings. The highest BCUT2D eigenvalue weighted by molar-refractivity contribution is 7.11. The smallest absolute Gasteiger partial charge is 0.0959 e. The minimum atomic E-state index is 0.770. The van der Waals surface area contributed by atoms with Crippen molar-refractivity contribution in [1.29, 1.82) is 0 Å². The Morgan fingerprint density at radius 1 is 1.44 bits per heavy atom. The van der Waals surface area contributed by atoms with E-state index in [0.717, 1.165) is 24.7 Å². The summed E-state index contributed by atoms with van der Waals surface area (Å²) in [7, 11) is 0. The quantitative estimate of drug-likeness (QED) is 0.832. The molecule has 5 heteroatoms. The monoisotopic (exact) mass is 234 g/mol. The zero-order valence-electron chi connectivity index (χ0n) is 8.94. The van der Waals surface area contributed by atoms with E-state index in [0.29, 0.717) is 0 Å². The van der Waals surface area contributed by atoms with Crippen LogP contribution in [0.5, 0.6) is 0 Å². The van der Waals surface area contributed by atoms with Crippen molar-refractivity contribution in [3.05, 3.63) is 34.0 Å². The molecular formula is C11H14N4S. The second kappa shape index (κ2) is 4.35. The number of thiazole rings is 1. The molecule has 2 heterocycles. The standard InChI is InChI=1S/C11H14N4S/c1-2-8(1)11-13-7-10(16-11)6-12-5-9-3-4-14-15-9/h3-4,7-8,12H,1-2,5-6H2,(H,14,15). The highest BCUT2D eigenvalue weighted by atomic mass is 32.1. The van der Waals surface area contributed by atoms with E-state index in [1.807, 2.05) is 23.6 Å². The molecule has 2 N–H and O–H groups in total. The molecule has 3 rings (SSSR count). The molecule has 2 aromatic heterocycles. The molecule has 0 radical (unpaired) electrons. The van der Waals surface area contributed by atoms with E-state index in [1.54, 1.807) is 6.20 Å². The van der Waals surface area contributed by atoms with Gasteiger partial charge in [0.25, 0.3) is 0 Å². The Morgan fingerprint density at radius 3 is 3.12 bits per heavy atom. The highest BCUT2D eigenvalue weighted by Crippen LogP contribution is 2.41. The molecule has 0 atom stereocenters. The molecule has 1 saturated carbocycles. The molecule has 0 spiro atoms. The lowest BCUT2D eigenvalue weighted by molar-refractivity contribution is 0.683. The first-order valence-corrected chi connectivity index (χ1v) is 6.37. The lowest BCUT2D eigenvalue weighted by Gasteiger charge is -1.99. The molecule has 16 heavy (non-hydrogen) atoms. The Labute approximate surface area is 98.1 Å². The maximum Gasteiger partial charge on any atom is 0.0959 e. The molecule has 0 bridgehead atoms. The first-order chi connectivity index (χ1) is 7.92. The molecule has 0 aromatic carbocycles. The van der Waals surface area contributed by atoms with Crippen LogP contribution < -0.4 is 5.32 Å². The summed E-state index contributed by atoms with van der Waals surface area (Å²) in [6, 6.07) is 1.98. The lowest BCUT2D eigenvalue weighted by Crippen LogP contribution is -2.11. The maximum atomic E-state index is 4.45. The Hall–Kier alpha value is -1.20. The van der Waals surface area contributed by atoms with Crippen molar-refractivity contribution in [2.45, 2.75) is 31.8 Å². The van der Waals surface area contributed by atoms with Gasteiger partial charge in [-0.2, -0.15) is 5.10 Å². The molecule has 0 saturated heterocycles. The van der Waals surface area contributed by atoms with E-state index in [4.69, 9.17) is 0 Å². The molecule has 4 nitrogen and oxygen atoms in total. The van der Waals surface area contributed by atoms with Crippen molar-refractivity contribution in [3.63, 3.8) is 0 Å². The van der Waals surface area contributed by atoms with Gasteiger partial charge in [0.05, 0.1) is 5.01 Å². The first kappa shape index (κ1) is 9.99. The fourth-order valence-electron chi connectivity index (χ4n) is 1.63. The number of hydrogen-bond acceptors (Lipinski definition) is 4. The van der Waals surface area contributed by atoms with Crippen LogP contribution in [-0.4, -0.2) is 15.2 Å².